The zero-order valence-electron chi connectivity index (χ0n) is 25.7. The number of halogens is 3. The van der Waals surface area contributed by atoms with E-state index in [2.05, 4.69) is 13.8 Å². The first kappa shape index (κ1) is 32.0. The van der Waals surface area contributed by atoms with Gasteiger partial charge in [-0.15, -0.1) is 0 Å². The summed E-state index contributed by atoms with van der Waals surface area (Å²) >= 11 is 0. The Morgan fingerprint density at radius 3 is 1.95 bits per heavy atom. The van der Waals surface area contributed by atoms with Gasteiger partial charge in [-0.05, 0) is 73.1 Å². The van der Waals surface area contributed by atoms with Crippen LogP contribution in [0, 0.1) is 11.7 Å². The summed E-state index contributed by atoms with van der Waals surface area (Å²) in [4.78, 5) is 0. The molecular weight excluding hydrogens is 517 g/mol. The quantitative estimate of drug-likeness (QED) is 0.172. The molecule has 0 radical (unpaired) electrons. The van der Waals surface area contributed by atoms with Crippen molar-refractivity contribution >= 4 is 0 Å². The van der Waals surface area contributed by atoms with Crippen LogP contribution in [0.25, 0.3) is 11.1 Å². The van der Waals surface area contributed by atoms with Gasteiger partial charge in [0.05, 0.1) is 5.56 Å². The van der Waals surface area contributed by atoms with E-state index in [1.807, 2.05) is 6.07 Å². The third-order valence-corrected chi connectivity index (χ3v) is 9.64. The number of aryl methyl sites for hydroxylation is 1. The van der Waals surface area contributed by atoms with Gasteiger partial charge < -0.3 is 4.74 Å². The molecule has 0 aromatic heterocycles. The number of rotatable bonds is 17. The van der Waals surface area contributed by atoms with E-state index in [-0.39, 0.29) is 11.3 Å². The largest absolute Gasteiger partial charge is 0.427 e. The molecule has 4 rings (SSSR count). The number of fused-ring (bicyclic) bond motifs is 3. The fourth-order valence-corrected chi connectivity index (χ4v) is 7.02. The molecule has 228 valence electrons. The normalized spacial score (nSPS) is 19.4. The van der Waals surface area contributed by atoms with E-state index in [0.29, 0.717) is 29.0 Å². The van der Waals surface area contributed by atoms with Gasteiger partial charge >= 0.3 is 6.11 Å². The number of hydrogen-bond donors (Lipinski definition) is 0. The van der Waals surface area contributed by atoms with Crippen LogP contribution in [0.4, 0.5) is 13.2 Å². The monoisotopic (exact) mass is 570 g/mol. The van der Waals surface area contributed by atoms with Gasteiger partial charge in [0.15, 0.2) is 11.6 Å². The Hall–Kier alpha value is -1.97. The van der Waals surface area contributed by atoms with Crippen LogP contribution in [-0.2, 0) is 12.5 Å². The Labute approximate surface area is 247 Å². The average Bonchev–Trinajstić information content (AvgIpc) is 2.98. The second-order valence-corrected chi connectivity index (χ2v) is 12.8. The van der Waals surface area contributed by atoms with Crippen LogP contribution >= 0.6 is 0 Å². The molecule has 0 N–H and O–H groups in total. The number of ether oxygens (including phenoxy) is 1. The molecule has 1 saturated carbocycles. The second-order valence-electron chi connectivity index (χ2n) is 12.8. The molecule has 0 bridgehead atoms. The molecule has 1 fully saturated rings. The lowest BCUT2D eigenvalue weighted by Crippen LogP contribution is -2.28. The van der Waals surface area contributed by atoms with E-state index in [9.17, 15) is 0 Å². The van der Waals surface area contributed by atoms with Crippen molar-refractivity contribution < 1.29 is 17.9 Å². The minimum Gasteiger partial charge on any atom is -0.425 e. The molecule has 0 atom stereocenters. The summed E-state index contributed by atoms with van der Waals surface area (Å²) in [7, 11) is 0. The molecule has 2 aromatic rings. The van der Waals surface area contributed by atoms with E-state index in [1.54, 1.807) is 24.3 Å². The van der Waals surface area contributed by atoms with Crippen molar-refractivity contribution in [2.45, 2.75) is 154 Å². The van der Waals surface area contributed by atoms with Crippen LogP contribution in [-0.4, -0.2) is 0 Å². The van der Waals surface area contributed by atoms with Crippen molar-refractivity contribution in [3.05, 3.63) is 52.8 Å². The van der Waals surface area contributed by atoms with Crippen molar-refractivity contribution in [2.75, 3.05) is 0 Å². The minimum atomic E-state index is -3.54. The summed E-state index contributed by atoms with van der Waals surface area (Å²) in [5.41, 5.74) is 2.17. The predicted molar refractivity (Wildman–Crippen MR) is 165 cm³/mol. The summed E-state index contributed by atoms with van der Waals surface area (Å²) in [5, 5.41) is 0. The van der Waals surface area contributed by atoms with Crippen LogP contribution in [0.3, 0.4) is 0 Å². The lowest BCUT2D eigenvalue weighted by Gasteiger charge is -2.32. The molecule has 1 aliphatic heterocycles. The molecule has 1 heterocycles. The second kappa shape index (κ2) is 16.0. The van der Waals surface area contributed by atoms with Crippen molar-refractivity contribution in [1.82, 2.24) is 0 Å². The van der Waals surface area contributed by atoms with Gasteiger partial charge in [-0.1, -0.05) is 128 Å². The molecule has 41 heavy (non-hydrogen) atoms. The molecule has 1 aliphatic carbocycles. The molecule has 2 aliphatic rings. The zero-order chi connectivity index (χ0) is 29.1. The first-order valence-corrected chi connectivity index (χ1v) is 17.0. The lowest BCUT2D eigenvalue weighted by atomic mass is 9.76. The number of benzene rings is 2. The van der Waals surface area contributed by atoms with E-state index in [1.165, 1.54) is 89.9 Å². The summed E-state index contributed by atoms with van der Waals surface area (Å²) in [5.74, 6) is 0.169. The van der Waals surface area contributed by atoms with Gasteiger partial charge in [0, 0.05) is 5.56 Å². The third kappa shape index (κ3) is 8.77. The topological polar surface area (TPSA) is 9.23 Å². The minimum absolute atomic E-state index is 0.119. The molecule has 0 saturated heterocycles. The maximum Gasteiger partial charge on any atom is 0.427 e. The first-order valence-electron chi connectivity index (χ1n) is 17.0. The molecular formula is C37H53F3O. The van der Waals surface area contributed by atoms with Gasteiger partial charge in [-0.3, -0.25) is 0 Å². The van der Waals surface area contributed by atoms with Gasteiger partial charge in [-0.2, -0.15) is 8.78 Å². The Balaban J connectivity index is 1.33. The van der Waals surface area contributed by atoms with E-state index < -0.39 is 11.9 Å². The number of alkyl halides is 2. The van der Waals surface area contributed by atoms with E-state index in [4.69, 9.17) is 4.74 Å². The van der Waals surface area contributed by atoms with Crippen molar-refractivity contribution in [3.8, 4) is 16.9 Å². The standard InChI is InChI=1S/C37H53F3O/c1-3-5-7-9-11-13-15-17-28-19-21-29(22-20-28)31-24-25-32-33-26-23-30(18-16-14-12-10-8-6-4-2)35(38)36(33)41-37(39,40)34(32)27-31/h23-29H,3-22H2,1-2H3. The lowest BCUT2D eigenvalue weighted by molar-refractivity contribution is -0.188. The summed E-state index contributed by atoms with van der Waals surface area (Å²) in [6, 6.07) is 8.96. The van der Waals surface area contributed by atoms with Crippen LogP contribution in [0.2, 0.25) is 0 Å². The number of hydrogen-bond acceptors (Lipinski definition) is 1. The Kier molecular flexibility index (Phi) is 12.5. The summed E-state index contributed by atoms with van der Waals surface area (Å²) in [6.45, 7) is 4.46. The van der Waals surface area contributed by atoms with Gasteiger partial charge in [0.2, 0.25) is 0 Å². The Bertz CT molecular complexity index is 1070. The highest BCUT2D eigenvalue weighted by atomic mass is 19.3. The van der Waals surface area contributed by atoms with E-state index >= 15 is 13.2 Å². The fourth-order valence-electron chi connectivity index (χ4n) is 7.02. The highest BCUT2D eigenvalue weighted by molar-refractivity contribution is 5.77. The molecule has 1 nitrogen and oxygen atoms in total. The van der Waals surface area contributed by atoms with Gasteiger partial charge in [0.1, 0.15) is 0 Å². The molecule has 0 amide bonds. The molecule has 0 unspecified atom stereocenters. The highest BCUT2D eigenvalue weighted by Gasteiger charge is 2.44. The van der Waals surface area contributed by atoms with Crippen LogP contribution in [0.5, 0.6) is 5.75 Å². The first-order chi connectivity index (χ1) is 19.9. The fraction of sp³-hybridized carbons (Fsp3) is 0.676. The van der Waals surface area contributed by atoms with Crippen LogP contribution < -0.4 is 4.74 Å². The highest BCUT2D eigenvalue weighted by Crippen LogP contribution is 2.50. The number of unbranched alkanes of at least 4 members (excludes halogenated alkanes) is 12. The SMILES string of the molecule is CCCCCCCCCc1ccc2c(c1F)OC(F)(F)c1cc(C3CCC(CCCCCCCCC)CC3)ccc1-2. The smallest absolute Gasteiger partial charge is 0.425 e. The van der Waals surface area contributed by atoms with Crippen molar-refractivity contribution in [1.29, 1.82) is 0 Å². The Morgan fingerprint density at radius 1 is 0.707 bits per heavy atom. The maximum atomic E-state index is 15.4. The van der Waals surface area contributed by atoms with E-state index in [0.717, 1.165) is 43.6 Å². The van der Waals surface area contributed by atoms with Crippen molar-refractivity contribution in [3.63, 3.8) is 0 Å². The summed E-state index contributed by atoms with van der Waals surface area (Å²) < 4.78 is 51.2. The molecule has 0 spiro atoms. The third-order valence-electron chi connectivity index (χ3n) is 9.64. The van der Waals surface area contributed by atoms with Crippen LogP contribution in [0.1, 0.15) is 158 Å². The van der Waals surface area contributed by atoms with Crippen LogP contribution in [0.15, 0.2) is 30.3 Å². The predicted octanol–water partition coefficient (Wildman–Crippen LogP) is 12.6. The zero-order valence-corrected chi connectivity index (χ0v) is 25.7. The molecule has 4 heteroatoms. The van der Waals surface area contributed by atoms with Gasteiger partial charge in [0.25, 0.3) is 0 Å². The van der Waals surface area contributed by atoms with Gasteiger partial charge in [-0.25, -0.2) is 4.39 Å². The average molecular weight is 571 g/mol. The van der Waals surface area contributed by atoms with Crippen molar-refractivity contribution in [2.24, 2.45) is 5.92 Å². The summed E-state index contributed by atoms with van der Waals surface area (Å²) in [6.07, 6.45) is 20.1. The maximum absolute atomic E-state index is 15.4. The Morgan fingerprint density at radius 2 is 1.29 bits per heavy atom. The molecule has 2 aromatic carbocycles.